The highest BCUT2D eigenvalue weighted by molar-refractivity contribution is 5.43. The third-order valence-corrected chi connectivity index (χ3v) is 4.58. The maximum Gasteiger partial charge on any atom is 0.161 e. The number of aliphatic hydroxyl groups is 1. The van der Waals surface area contributed by atoms with Gasteiger partial charge in [0, 0.05) is 32.1 Å². The Bertz CT molecular complexity index is 678. The van der Waals surface area contributed by atoms with Gasteiger partial charge in [-0.1, -0.05) is 36.4 Å². The number of β-amino-alcohol motifs (C(OH)–C–C–N with tert-alkyl or cyclic N) is 1. The molecule has 26 heavy (non-hydrogen) atoms. The van der Waals surface area contributed by atoms with Gasteiger partial charge < -0.3 is 25.2 Å². The molecule has 1 aliphatic rings. The maximum atomic E-state index is 9.85. The number of nitrogens with one attached hydrogen (secondary N) is 2. The molecule has 2 aromatic carbocycles. The highest BCUT2D eigenvalue weighted by atomic mass is 16.5. The molecule has 1 saturated heterocycles. The zero-order valence-corrected chi connectivity index (χ0v) is 15.3. The molecule has 3 N–H and O–H groups in total. The molecule has 3 rings (SSSR count). The maximum absolute atomic E-state index is 9.85. The van der Waals surface area contributed by atoms with Crippen molar-refractivity contribution in [3.05, 3.63) is 59.7 Å². The lowest BCUT2D eigenvalue weighted by Crippen LogP contribution is -2.30. The summed E-state index contributed by atoms with van der Waals surface area (Å²) >= 11 is 0. The smallest absolute Gasteiger partial charge is 0.161 e. The SMILES string of the molecule is CCOc1cc(CNCC2CNCC2O)ccc1OCc1ccccc1. The topological polar surface area (TPSA) is 62.8 Å². The van der Waals surface area contributed by atoms with Crippen LogP contribution in [-0.4, -0.2) is 37.5 Å². The van der Waals surface area contributed by atoms with Crippen molar-refractivity contribution < 1.29 is 14.6 Å². The molecular formula is C21H28N2O3. The van der Waals surface area contributed by atoms with Gasteiger partial charge in [0.2, 0.25) is 0 Å². The van der Waals surface area contributed by atoms with Gasteiger partial charge in [0.1, 0.15) is 6.61 Å². The second-order valence-corrected chi connectivity index (χ2v) is 6.60. The van der Waals surface area contributed by atoms with Crippen LogP contribution in [0.4, 0.5) is 0 Å². The molecule has 2 unspecified atom stereocenters. The van der Waals surface area contributed by atoms with Crippen molar-refractivity contribution in [3.8, 4) is 11.5 Å². The number of aliphatic hydroxyl groups excluding tert-OH is 1. The molecule has 1 aliphatic heterocycles. The minimum atomic E-state index is -0.254. The van der Waals surface area contributed by atoms with Crippen LogP contribution >= 0.6 is 0 Å². The molecule has 0 aromatic heterocycles. The minimum Gasteiger partial charge on any atom is -0.490 e. The van der Waals surface area contributed by atoms with Gasteiger partial charge in [-0.15, -0.1) is 0 Å². The molecule has 0 saturated carbocycles. The van der Waals surface area contributed by atoms with Gasteiger partial charge >= 0.3 is 0 Å². The summed E-state index contributed by atoms with van der Waals surface area (Å²) in [5, 5.41) is 16.5. The van der Waals surface area contributed by atoms with Crippen LogP contribution in [0.3, 0.4) is 0 Å². The molecule has 5 nitrogen and oxygen atoms in total. The molecule has 0 amide bonds. The zero-order chi connectivity index (χ0) is 18.2. The summed E-state index contributed by atoms with van der Waals surface area (Å²) in [4.78, 5) is 0. The van der Waals surface area contributed by atoms with E-state index in [1.165, 1.54) is 0 Å². The largest absolute Gasteiger partial charge is 0.490 e. The van der Waals surface area contributed by atoms with Crippen LogP contribution in [0.1, 0.15) is 18.1 Å². The van der Waals surface area contributed by atoms with Crippen LogP contribution in [0.5, 0.6) is 11.5 Å². The third kappa shape index (κ3) is 5.21. The molecule has 1 heterocycles. The van der Waals surface area contributed by atoms with Gasteiger partial charge in [-0.25, -0.2) is 0 Å². The number of hydrogen-bond acceptors (Lipinski definition) is 5. The van der Waals surface area contributed by atoms with Gasteiger partial charge in [-0.2, -0.15) is 0 Å². The molecule has 0 aliphatic carbocycles. The lowest BCUT2D eigenvalue weighted by Gasteiger charge is -2.16. The minimum absolute atomic E-state index is 0.254. The predicted molar refractivity (Wildman–Crippen MR) is 102 cm³/mol. The monoisotopic (exact) mass is 356 g/mol. The fourth-order valence-corrected chi connectivity index (χ4v) is 3.11. The molecule has 0 bridgehead atoms. The van der Waals surface area contributed by atoms with Crippen molar-refractivity contribution in [2.45, 2.75) is 26.2 Å². The first-order valence-electron chi connectivity index (χ1n) is 9.28. The van der Waals surface area contributed by atoms with Crippen molar-refractivity contribution in [2.24, 2.45) is 5.92 Å². The van der Waals surface area contributed by atoms with E-state index in [0.29, 0.717) is 19.8 Å². The van der Waals surface area contributed by atoms with Crippen molar-refractivity contribution in [1.82, 2.24) is 10.6 Å². The highest BCUT2D eigenvalue weighted by Gasteiger charge is 2.24. The molecule has 2 atom stereocenters. The molecule has 140 valence electrons. The Hall–Kier alpha value is -2.08. The van der Waals surface area contributed by atoms with E-state index in [9.17, 15) is 5.11 Å². The molecule has 1 fully saturated rings. The summed E-state index contributed by atoms with van der Waals surface area (Å²) in [6.45, 7) is 6.18. The second kappa shape index (κ2) is 9.57. The molecule has 2 aromatic rings. The lowest BCUT2D eigenvalue weighted by molar-refractivity contribution is 0.146. The number of ether oxygens (including phenoxy) is 2. The Kier molecular flexibility index (Phi) is 6.89. The van der Waals surface area contributed by atoms with Crippen LogP contribution in [0.25, 0.3) is 0 Å². The van der Waals surface area contributed by atoms with E-state index >= 15 is 0 Å². The Labute approximate surface area is 155 Å². The van der Waals surface area contributed by atoms with Gasteiger partial charge in [0.25, 0.3) is 0 Å². The van der Waals surface area contributed by atoms with Crippen LogP contribution in [-0.2, 0) is 13.2 Å². The summed E-state index contributed by atoms with van der Waals surface area (Å²) in [5.41, 5.74) is 2.27. The van der Waals surface area contributed by atoms with Gasteiger partial charge in [-0.05, 0) is 30.2 Å². The van der Waals surface area contributed by atoms with Crippen LogP contribution in [0.15, 0.2) is 48.5 Å². The first-order valence-corrected chi connectivity index (χ1v) is 9.28. The lowest BCUT2D eigenvalue weighted by atomic mass is 10.1. The number of benzene rings is 2. The van der Waals surface area contributed by atoms with Crippen LogP contribution in [0.2, 0.25) is 0 Å². The van der Waals surface area contributed by atoms with Crippen molar-refractivity contribution in [2.75, 3.05) is 26.2 Å². The van der Waals surface area contributed by atoms with E-state index < -0.39 is 0 Å². The average molecular weight is 356 g/mol. The van der Waals surface area contributed by atoms with Gasteiger partial charge in [0.15, 0.2) is 11.5 Å². The fraction of sp³-hybridized carbons (Fsp3) is 0.429. The average Bonchev–Trinajstić information content (AvgIpc) is 3.07. The van der Waals surface area contributed by atoms with E-state index in [2.05, 4.69) is 16.7 Å². The first kappa shape index (κ1) is 18.7. The zero-order valence-electron chi connectivity index (χ0n) is 15.3. The Morgan fingerprint density at radius 1 is 1.04 bits per heavy atom. The Morgan fingerprint density at radius 3 is 2.62 bits per heavy atom. The van der Waals surface area contributed by atoms with Crippen LogP contribution < -0.4 is 20.1 Å². The first-order chi connectivity index (χ1) is 12.8. The Balaban J connectivity index is 1.56. The van der Waals surface area contributed by atoms with E-state index in [1.807, 2.05) is 49.4 Å². The van der Waals surface area contributed by atoms with E-state index in [-0.39, 0.29) is 12.0 Å². The standard InChI is InChI=1S/C21H28N2O3/c1-2-25-21-10-17(11-22-12-18-13-23-14-19(18)24)8-9-20(21)26-15-16-6-4-3-5-7-16/h3-10,18-19,22-24H,2,11-15H2,1H3. The van der Waals surface area contributed by atoms with E-state index in [1.54, 1.807) is 0 Å². The van der Waals surface area contributed by atoms with E-state index in [4.69, 9.17) is 9.47 Å². The molecule has 0 spiro atoms. The quantitative estimate of drug-likeness (QED) is 0.644. The Morgan fingerprint density at radius 2 is 1.88 bits per heavy atom. The summed E-state index contributed by atoms with van der Waals surface area (Å²) in [5.74, 6) is 1.80. The van der Waals surface area contributed by atoms with Crippen molar-refractivity contribution in [3.63, 3.8) is 0 Å². The van der Waals surface area contributed by atoms with Crippen molar-refractivity contribution in [1.29, 1.82) is 0 Å². The normalized spacial score (nSPS) is 19.5. The molecule has 0 radical (unpaired) electrons. The van der Waals surface area contributed by atoms with Crippen LogP contribution in [0, 0.1) is 5.92 Å². The summed E-state index contributed by atoms with van der Waals surface area (Å²) in [6.07, 6.45) is -0.254. The summed E-state index contributed by atoms with van der Waals surface area (Å²) in [6, 6.07) is 16.2. The second-order valence-electron chi connectivity index (χ2n) is 6.60. The fourth-order valence-electron chi connectivity index (χ4n) is 3.11. The third-order valence-electron chi connectivity index (χ3n) is 4.58. The summed E-state index contributed by atoms with van der Waals surface area (Å²) in [7, 11) is 0. The van der Waals surface area contributed by atoms with Gasteiger partial charge in [-0.3, -0.25) is 0 Å². The van der Waals surface area contributed by atoms with Gasteiger partial charge in [0.05, 0.1) is 12.7 Å². The summed E-state index contributed by atoms with van der Waals surface area (Å²) < 4.78 is 11.7. The molecular weight excluding hydrogens is 328 g/mol. The highest BCUT2D eigenvalue weighted by Crippen LogP contribution is 2.29. The number of rotatable bonds is 9. The molecule has 5 heteroatoms. The van der Waals surface area contributed by atoms with E-state index in [0.717, 1.165) is 42.3 Å². The van der Waals surface area contributed by atoms with Crippen molar-refractivity contribution >= 4 is 0 Å². The predicted octanol–water partition coefficient (Wildman–Crippen LogP) is 2.33. The number of hydrogen-bond donors (Lipinski definition) is 3.